The van der Waals surface area contributed by atoms with E-state index in [0.717, 1.165) is 0 Å². The normalized spacial score (nSPS) is 14.8. The predicted octanol–water partition coefficient (Wildman–Crippen LogP) is 3.26. The van der Waals surface area contributed by atoms with Crippen LogP contribution >= 0.6 is 8.53 Å². The standard InChI is InChI=1S/C10H24NO2P/c1-8(2)10(5)11(9(3)4)14(12-6)13-7/h8-10H,1-7H3. The Hall–Kier alpha value is 0.310. The zero-order valence-corrected chi connectivity index (χ0v) is 11.3. The lowest BCUT2D eigenvalue weighted by molar-refractivity contribution is 0.183. The summed E-state index contributed by atoms with van der Waals surface area (Å²) in [7, 11) is 2.51. The predicted molar refractivity (Wildman–Crippen MR) is 62.2 cm³/mol. The third-order valence-electron chi connectivity index (χ3n) is 2.41. The van der Waals surface area contributed by atoms with Gasteiger partial charge in [0.1, 0.15) is 0 Å². The second-order valence-corrected chi connectivity index (χ2v) is 5.73. The van der Waals surface area contributed by atoms with Crippen molar-refractivity contribution in [2.75, 3.05) is 14.2 Å². The molecule has 1 unspecified atom stereocenters. The van der Waals surface area contributed by atoms with E-state index in [1.165, 1.54) is 0 Å². The molecule has 0 aliphatic heterocycles. The van der Waals surface area contributed by atoms with Gasteiger partial charge in [-0.05, 0) is 26.7 Å². The quantitative estimate of drug-likeness (QED) is 0.642. The molecule has 4 heteroatoms. The van der Waals surface area contributed by atoms with Crippen molar-refractivity contribution in [2.45, 2.75) is 46.7 Å². The van der Waals surface area contributed by atoms with Crippen molar-refractivity contribution in [3.8, 4) is 0 Å². The smallest absolute Gasteiger partial charge is 0.258 e. The molecular formula is C10H24NO2P. The summed E-state index contributed by atoms with van der Waals surface area (Å²) >= 11 is 0. The van der Waals surface area contributed by atoms with E-state index in [9.17, 15) is 0 Å². The van der Waals surface area contributed by atoms with Gasteiger partial charge in [0, 0.05) is 26.3 Å². The maximum absolute atomic E-state index is 5.36. The molecule has 0 spiro atoms. The van der Waals surface area contributed by atoms with Crippen molar-refractivity contribution in [3.63, 3.8) is 0 Å². The Kier molecular flexibility index (Phi) is 6.88. The van der Waals surface area contributed by atoms with E-state index in [1.807, 2.05) is 0 Å². The summed E-state index contributed by atoms with van der Waals surface area (Å²) in [6.07, 6.45) is 0. The van der Waals surface area contributed by atoms with Gasteiger partial charge in [0.05, 0.1) is 0 Å². The van der Waals surface area contributed by atoms with Crippen molar-refractivity contribution < 1.29 is 9.05 Å². The Morgan fingerprint density at radius 1 is 0.929 bits per heavy atom. The summed E-state index contributed by atoms with van der Waals surface area (Å²) < 4.78 is 13.0. The Labute approximate surface area is 89.7 Å². The van der Waals surface area contributed by atoms with Gasteiger partial charge in [-0.25, -0.2) is 4.67 Å². The maximum Gasteiger partial charge on any atom is 0.258 e. The van der Waals surface area contributed by atoms with E-state index in [2.05, 4.69) is 39.3 Å². The molecule has 1 atom stereocenters. The van der Waals surface area contributed by atoms with E-state index in [-0.39, 0.29) is 0 Å². The monoisotopic (exact) mass is 221 g/mol. The number of rotatable bonds is 6. The topological polar surface area (TPSA) is 21.7 Å². The van der Waals surface area contributed by atoms with Crippen molar-refractivity contribution >= 4 is 8.53 Å². The first-order valence-electron chi connectivity index (χ1n) is 5.12. The van der Waals surface area contributed by atoms with Gasteiger partial charge < -0.3 is 9.05 Å². The highest BCUT2D eigenvalue weighted by Gasteiger charge is 2.28. The van der Waals surface area contributed by atoms with Crippen LogP contribution in [0.25, 0.3) is 0 Å². The molecule has 86 valence electrons. The van der Waals surface area contributed by atoms with Crippen molar-refractivity contribution in [1.29, 1.82) is 0 Å². The highest BCUT2D eigenvalue weighted by atomic mass is 31.2. The van der Waals surface area contributed by atoms with E-state index >= 15 is 0 Å². The Balaban J connectivity index is 4.56. The molecule has 14 heavy (non-hydrogen) atoms. The molecule has 0 amide bonds. The van der Waals surface area contributed by atoms with E-state index in [1.54, 1.807) is 14.2 Å². The maximum atomic E-state index is 5.36. The largest absolute Gasteiger partial charge is 0.325 e. The van der Waals surface area contributed by atoms with Crippen LogP contribution < -0.4 is 0 Å². The first-order valence-corrected chi connectivity index (χ1v) is 6.25. The summed E-state index contributed by atoms with van der Waals surface area (Å²) in [6, 6.07) is 0.916. The van der Waals surface area contributed by atoms with Gasteiger partial charge in [-0.1, -0.05) is 13.8 Å². The van der Waals surface area contributed by atoms with Crippen LogP contribution in [0, 0.1) is 5.92 Å². The van der Waals surface area contributed by atoms with Crippen LogP contribution in [0.5, 0.6) is 0 Å². The second kappa shape index (κ2) is 6.73. The Morgan fingerprint density at radius 3 is 1.57 bits per heavy atom. The molecule has 0 saturated carbocycles. The van der Waals surface area contributed by atoms with Crippen LogP contribution in [0.15, 0.2) is 0 Å². The lowest BCUT2D eigenvalue weighted by Gasteiger charge is -2.37. The van der Waals surface area contributed by atoms with Gasteiger partial charge in [-0.2, -0.15) is 0 Å². The van der Waals surface area contributed by atoms with E-state index in [0.29, 0.717) is 18.0 Å². The van der Waals surface area contributed by atoms with E-state index < -0.39 is 8.53 Å². The highest BCUT2D eigenvalue weighted by molar-refractivity contribution is 7.44. The molecule has 0 aromatic carbocycles. The summed E-state index contributed by atoms with van der Waals surface area (Å²) in [5.41, 5.74) is 0. The van der Waals surface area contributed by atoms with Gasteiger partial charge in [-0.15, -0.1) is 0 Å². The molecule has 0 aromatic heterocycles. The van der Waals surface area contributed by atoms with Crippen LogP contribution in [0.4, 0.5) is 0 Å². The molecule has 0 bridgehead atoms. The summed E-state index contributed by atoms with van der Waals surface area (Å²) in [5, 5.41) is 0. The zero-order chi connectivity index (χ0) is 11.3. The second-order valence-electron chi connectivity index (χ2n) is 4.06. The molecular weight excluding hydrogens is 197 g/mol. The fourth-order valence-corrected chi connectivity index (χ4v) is 2.84. The van der Waals surface area contributed by atoms with E-state index in [4.69, 9.17) is 9.05 Å². The molecule has 0 aromatic rings. The average Bonchev–Trinajstić information content (AvgIpc) is 2.12. The SMILES string of the molecule is COP(OC)N(C(C)C)C(C)C(C)C. The van der Waals surface area contributed by atoms with Crippen LogP contribution in [-0.4, -0.2) is 31.0 Å². The van der Waals surface area contributed by atoms with Gasteiger partial charge in [0.15, 0.2) is 0 Å². The first kappa shape index (κ1) is 14.3. The lowest BCUT2D eigenvalue weighted by atomic mass is 10.1. The minimum absolute atomic E-state index is 0.443. The van der Waals surface area contributed by atoms with Crippen molar-refractivity contribution in [1.82, 2.24) is 4.67 Å². The third-order valence-corrected chi connectivity index (χ3v) is 4.24. The van der Waals surface area contributed by atoms with Crippen LogP contribution in [0.1, 0.15) is 34.6 Å². The summed E-state index contributed by atoms with van der Waals surface area (Å²) in [5.74, 6) is 0.604. The highest BCUT2D eigenvalue weighted by Crippen LogP contribution is 2.45. The van der Waals surface area contributed by atoms with Crippen molar-refractivity contribution in [2.24, 2.45) is 5.92 Å². The van der Waals surface area contributed by atoms with Crippen LogP contribution in [-0.2, 0) is 9.05 Å². The molecule has 0 aliphatic carbocycles. The van der Waals surface area contributed by atoms with Gasteiger partial charge in [-0.3, -0.25) is 0 Å². The fourth-order valence-electron chi connectivity index (χ4n) is 1.38. The fraction of sp³-hybridized carbons (Fsp3) is 1.00. The molecule has 0 fully saturated rings. The van der Waals surface area contributed by atoms with Gasteiger partial charge in [0.25, 0.3) is 8.53 Å². The number of hydrogen-bond acceptors (Lipinski definition) is 3. The van der Waals surface area contributed by atoms with Crippen molar-refractivity contribution in [3.05, 3.63) is 0 Å². The van der Waals surface area contributed by atoms with Crippen LogP contribution in [0.3, 0.4) is 0 Å². The molecule has 0 saturated heterocycles. The Morgan fingerprint density at radius 2 is 1.36 bits per heavy atom. The molecule has 0 N–H and O–H groups in total. The average molecular weight is 221 g/mol. The molecule has 3 nitrogen and oxygen atoms in total. The summed E-state index contributed by atoms with van der Waals surface area (Å²) in [4.78, 5) is 0. The zero-order valence-electron chi connectivity index (χ0n) is 10.4. The Bertz CT molecular complexity index is 147. The molecule has 0 radical (unpaired) electrons. The number of hydrogen-bond donors (Lipinski definition) is 0. The van der Waals surface area contributed by atoms with Gasteiger partial charge in [0.2, 0.25) is 0 Å². The lowest BCUT2D eigenvalue weighted by Crippen LogP contribution is -2.38. The molecule has 0 rings (SSSR count). The molecule has 0 heterocycles. The first-order chi connectivity index (χ1) is 6.45. The minimum Gasteiger partial charge on any atom is -0.325 e. The number of nitrogens with zero attached hydrogens (tertiary/aromatic N) is 1. The third kappa shape index (κ3) is 3.82. The minimum atomic E-state index is -0.898. The van der Waals surface area contributed by atoms with Crippen LogP contribution in [0.2, 0.25) is 0 Å². The summed E-state index contributed by atoms with van der Waals surface area (Å²) in [6.45, 7) is 11.0. The van der Waals surface area contributed by atoms with Gasteiger partial charge >= 0.3 is 0 Å². The molecule has 0 aliphatic rings.